The summed E-state index contributed by atoms with van der Waals surface area (Å²) in [6, 6.07) is 10.2. The summed E-state index contributed by atoms with van der Waals surface area (Å²) in [6.07, 6.45) is 2.53. The fourth-order valence-corrected chi connectivity index (χ4v) is 1.49. The molecule has 2 aromatic rings. The predicted octanol–water partition coefficient (Wildman–Crippen LogP) is 1.59. The molecule has 0 aliphatic heterocycles. The number of rotatable bonds is 2. The highest BCUT2D eigenvalue weighted by atomic mass is 15.3. The number of aryl methyl sites for hydroxylation is 1. The Labute approximate surface area is 83.2 Å². The zero-order valence-corrected chi connectivity index (χ0v) is 8.14. The maximum Gasteiger partial charge on any atom is 0.0736 e. The summed E-state index contributed by atoms with van der Waals surface area (Å²) in [5.74, 6) is 0. The summed E-state index contributed by atoms with van der Waals surface area (Å²) in [4.78, 5) is 0. The van der Waals surface area contributed by atoms with Crippen molar-refractivity contribution in [2.45, 2.75) is 6.42 Å². The molecule has 0 amide bonds. The predicted molar refractivity (Wildman–Crippen MR) is 56.9 cm³/mol. The quantitative estimate of drug-likeness (QED) is 0.776. The molecule has 0 unspecified atom stereocenters. The van der Waals surface area contributed by atoms with E-state index in [4.69, 9.17) is 5.73 Å². The van der Waals surface area contributed by atoms with Crippen LogP contribution in [0.25, 0.3) is 0 Å². The van der Waals surface area contributed by atoms with E-state index in [9.17, 15) is 0 Å². The summed E-state index contributed by atoms with van der Waals surface area (Å²) < 4.78 is 1.82. The molecule has 0 aliphatic carbocycles. The molecule has 14 heavy (non-hydrogen) atoms. The van der Waals surface area contributed by atoms with Gasteiger partial charge in [0.15, 0.2) is 0 Å². The van der Waals surface area contributed by atoms with Gasteiger partial charge in [-0.25, -0.2) is 0 Å². The Morgan fingerprint density at radius 3 is 2.57 bits per heavy atom. The van der Waals surface area contributed by atoms with E-state index in [1.807, 2.05) is 29.9 Å². The Kier molecular flexibility index (Phi) is 2.23. The van der Waals surface area contributed by atoms with Gasteiger partial charge in [-0.1, -0.05) is 30.3 Å². The first-order valence-corrected chi connectivity index (χ1v) is 4.57. The normalized spacial score (nSPS) is 10.4. The second kappa shape index (κ2) is 3.54. The van der Waals surface area contributed by atoms with Gasteiger partial charge >= 0.3 is 0 Å². The van der Waals surface area contributed by atoms with Crippen LogP contribution < -0.4 is 5.73 Å². The van der Waals surface area contributed by atoms with Gasteiger partial charge in [0.25, 0.3) is 0 Å². The maximum atomic E-state index is 5.81. The molecule has 1 heterocycles. The minimum Gasteiger partial charge on any atom is -0.396 e. The molecule has 0 radical (unpaired) electrons. The molecule has 0 bridgehead atoms. The number of benzene rings is 1. The van der Waals surface area contributed by atoms with Crippen molar-refractivity contribution in [3.8, 4) is 0 Å². The van der Waals surface area contributed by atoms with Gasteiger partial charge in [-0.05, 0) is 5.56 Å². The molecule has 1 aromatic carbocycles. The third-order valence-electron chi connectivity index (χ3n) is 2.31. The zero-order valence-electron chi connectivity index (χ0n) is 8.14. The van der Waals surface area contributed by atoms with Crippen LogP contribution in [0.2, 0.25) is 0 Å². The maximum absolute atomic E-state index is 5.81. The van der Waals surface area contributed by atoms with Crippen LogP contribution in [-0.2, 0) is 13.5 Å². The van der Waals surface area contributed by atoms with E-state index in [1.165, 1.54) is 5.56 Å². The van der Waals surface area contributed by atoms with Crippen molar-refractivity contribution < 1.29 is 0 Å². The fourth-order valence-electron chi connectivity index (χ4n) is 1.49. The lowest BCUT2D eigenvalue weighted by atomic mass is 10.1. The topological polar surface area (TPSA) is 43.8 Å². The second-order valence-electron chi connectivity index (χ2n) is 3.33. The van der Waals surface area contributed by atoms with Crippen molar-refractivity contribution in [2.75, 3.05) is 5.73 Å². The van der Waals surface area contributed by atoms with Crippen molar-refractivity contribution in [3.63, 3.8) is 0 Å². The summed E-state index contributed by atoms with van der Waals surface area (Å²) in [7, 11) is 1.91. The summed E-state index contributed by atoms with van der Waals surface area (Å²) in [5.41, 5.74) is 8.88. The molecule has 2 N–H and O–H groups in total. The molecular formula is C11H13N3. The van der Waals surface area contributed by atoms with E-state index in [0.29, 0.717) is 0 Å². The Bertz CT molecular complexity index is 398. The molecule has 3 heteroatoms. The van der Waals surface area contributed by atoms with Crippen molar-refractivity contribution in [3.05, 3.63) is 47.8 Å². The van der Waals surface area contributed by atoms with E-state index >= 15 is 0 Å². The summed E-state index contributed by atoms with van der Waals surface area (Å²) in [5, 5.41) is 4.10. The van der Waals surface area contributed by atoms with E-state index in [1.54, 1.807) is 6.20 Å². The van der Waals surface area contributed by atoms with Crippen LogP contribution >= 0.6 is 0 Å². The average Bonchev–Trinajstić information content (AvgIpc) is 2.51. The molecule has 1 aromatic heterocycles. The molecule has 72 valence electrons. The molecule has 0 aliphatic rings. The number of nitrogens with zero attached hydrogens (tertiary/aromatic N) is 2. The third kappa shape index (κ3) is 1.62. The molecule has 2 rings (SSSR count). The van der Waals surface area contributed by atoms with Crippen LogP contribution in [-0.4, -0.2) is 9.78 Å². The Balaban J connectivity index is 2.27. The van der Waals surface area contributed by atoms with Crippen LogP contribution in [0.5, 0.6) is 0 Å². The molecule has 0 saturated carbocycles. The van der Waals surface area contributed by atoms with Gasteiger partial charge in [-0.3, -0.25) is 4.68 Å². The number of nitrogens with two attached hydrogens (primary N) is 1. The first-order chi connectivity index (χ1) is 6.77. The Morgan fingerprint density at radius 2 is 2.00 bits per heavy atom. The largest absolute Gasteiger partial charge is 0.396 e. The molecule has 0 saturated heterocycles. The van der Waals surface area contributed by atoms with E-state index in [-0.39, 0.29) is 0 Å². The van der Waals surface area contributed by atoms with E-state index < -0.39 is 0 Å². The minimum absolute atomic E-state index is 0.761. The van der Waals surface area contributed by atoms with Crippen molar-refractivity contribution in [2.24, 2.45) is 7.05 Å². The molecular weight excluding hydrogens is 174 g/mol. The molecule has 0 spiro atoms. The number of hydrogen-bond donors (Lipinski definition) is 1. The number of nitrogen functional groups attached to an aromatic ring is 1. The zero-order chi connectivity index (χ0) is 9.97. The highest BCUT2D eigenvalue weighted by Crippen LogP contribution is 2.14. The highest BCUT2D eigenvalue weighted by Gasteiger charge is 2.05. The first-order valence-electron chi connectivity index (χ1n) is 4.57. The first kappa shape index (κ1) is 8.81. The highest BCUT2D eigenvalue weighted by molar-refractivity contribution is 5.43. The lowest BCUT2D eigenvalue weighted by Gasteiger charge is -2.03. The van der Waals surface area contributed by atoms with Crippen LogP contribution in [0.15, 0.2) is 36.5 Å². The van der Waals surface area contributed by atoms with Crippen LogP contribution in [0.3, 0.4) is 0 Å². The summed E-state index contributed by atoms with van der Waals surface area (Å²) >= 11 is 0. The third-order valence-corrected chi connectivity index (χ3v) is 2.31. The van der Waals surface area contributed by atoms with Crippen LogP contribution in [0, 0.1) is 0 Å². The second-order valence-corrected chi connectivity index (χ2v) is 3.33. The average molecular weight is 187 g/mol. The van der Waals surface area contributed by atoms with Gasteiger partial charge in [0.1, 0.15) is 0 Å². The van der Waals surface area contributed by atoms with Gasteiger partial charge in [0.05, 0.1) is 17.6 Å². The smallest absolute Gasteiger partial charge is 0.0736 e. The number of aromatic nitrogens is 2. The lowest BCUT2D eigenvalue weighted by Crippen LogP contribution is -2.01. The van der Waals surface area contributed by atoms with Gasteiger partial charge in [0.2, 0.25) is 0 Å². The standard InChI is InChI=1S/C11H13N3/c1-14-11(10(12)8-13-14)7-9-5-3-2-4-6-9/h2-6,8H,7,12H2,1H3. The SMILES string of the molecule is Cn1ncc(N)c1Cc1ccccc1. The monoisotopic (exact) mass is 187 g/mol. The molecule has 3 nitrogen and oxygen atoms in total. The number of hydrogen-bond acceptors (Lipinski definition) is 2. The minimum atomic E-state index is 0.761. The fraction of sp³-hybridized carbons (Fsp3) is 0.182. The molecule has 0 atom stereocenters. The van der Waals surface area contributed by atoms with Crippen LogP contribution in [0.4, 0.5) is 5.69 Å². The van der Waals surface area contributed by atoms with Crippen molar-refractivity contribution in [1.29, 1.82) is 0 Å². The van der Waals surface area contributed by atoms with Gasteiger partial charge in [0, 0.05) is 13.5 Å². The Hall–Kier alpha value is -1.77. The van der Waals surface area contributed by atoms with Gasteiger partial charge in [-0.15, -0.1) is 0 Å². The van der Waals surface area contributed by atoms with E-state index in [0.717, 1.165) is 17.8 Å². The Morgan fingerprint density at radius 1 is 1.29 bits per heavy atom. The van der Waals surface area contributed by atoms with E-state index in [2.05, 4.69) is 17.2 Å². The van der Waals surface area contributed by atoms with Crippen LogP contribution in [0.1, 0.15) is 11.3 Å². The van der Waals surface area contributed by atoms with Crippen molar-refractivity contribution in [1.82, 2.24) is 9.78 Å². The van der Waals surface area contributed by atoms with Gasteiger partial charge < -0.3 is 5.73 Å². The number of anilines is 1. The summed E-state index contributed by atoms with van der Waals surface area (Å²) in [6.45, 7) is 0. The van der Waals surface area contributed by atoms with Crippen molar-refractivity contribution >= 4 is 5.69 Å². The molecule has 0 fully saturated rings. The lowest BCUT2D eigenvalue weighted by molar-refractivity contribution is 0.725. The van der Waals surface area contributed by atoms with Gasteiger partial charge in [-0.2, -0.15) is 5.10 Å².